The number of unbranched alkanes of at least 4 members (excludes halogenated alkanes) is 1. The normalized spacial score (nSPS) is 14.1. The van der Waals surface area contributed by atoms with Crippen molar-refractivity contribution in [3.05, 3.63) is 139 Å². The third-order valence-electron chi connectivity index (χ3n) is 12.3. The number of ketones is 2. The Labute approximate surface area is 378 Å². The van der Waals surface area contributed by atoms with E-state index < -0.39 is 12.1 Å². The molecule has 0 fully saturated rings. The molecule has 64 heavy (non-hydrogen) atoms. The fourth-order valence-corrected chi connectivity index (χ4v) is 10.3. The van der Waals surface area contributed by atoms with Crippen molar-refractivity contribution >= 4 is 62.2 Å². The summed E-state index contributed by atoms with van der Waals surface area (Å²) in [6.45, 7) is 11.8. The average Bonchev–Trinajstić information content (AvgIpc) is 3.98. The van der Waals surface area contributed by atoms with Gasteiger partial charge in [0.1, 0.15) is 34.2 Å². The molecule has 0 aliphatic carbocycles. The minimum Gasteiger partial charge on any atom is -0.496 e. The highest BCUT2D eigenvalue weighted by Gasteiger charge is 2.33. The van der Waals surface area contributed by atoms with Crippen molar-refractivity contribution in [2.75, 3.05) is 7.11 Å². The van der Waals surface area contributed by atoms with E-state index in [2.05, 4.69) is 29.0 Å². The van der Waals surface area contributed by atoms with Crippen molar-refractivity contribution in [1.82, 2.24) is 33.9 Å². The van der Waals surface area contributed by atoms with E-state index in [1.165, 1.54) is 9.44 Å². The van der Waals surface area contributed by atoms with Gasteiger partial charge < -0.3 is 9.15 Å². The van der Waals surface area contributed by atoms with Gasteiger partial charge in [0.2, 0.25) is 0 Å². The lowest BCUT2D eigenvalue weighted by Crippen LogP contribution is -2.29. The summed E-state index contributed by atoms with van der Waals surface area (Å²) in [6.07, 6.45) is 6.65. The first-order valence-electron chi connectivity index (χ1n) is 21.3. The fraction of sp³-hybridized carbons (Fsp3) is 0.306. The molecule has 326 valence electrons. The van der Waals surface area contributed by atoms with Crippen LogP contribution in [-0.4, -0.2) is 58.3 Å². The standard InChI is InChI=1S/C49H47ClN8O5S/c1-26-25-63-29(4)43(26)37-21-39-36(22-42(37)62-7)46-41(23-52-39)56(49(61)57(46)28(3)38-14-10-11-19-51-38)24-35(60)13-9-8-12-34(59)20-40-47-55-54-31(6)58(47)48-44(27(2)30(5)64-48)45(53-40)32-15-17-33(50)18-16-32/h10-11,14-19,21-23,25,28,40H,8-9,12-13,20,24H2,1-7H3/t28-,40+/m1/s1. The highest BCUT2D eigenvalue weighted by atomic mass is 35.5. The number of imidazole rings is 1. The summed E-state index contributed by atoms with van der Waals surface area (Å²) in [5, 5.41) is 11.3. The predicted octanol–water partition coefficient (Wildman–Crippen LogP) is 10.1. The van der Waals surface area contributed by atoms with Crippen LogP contribution in [0.2, 0.25) is 5.02 Å². The van der Waals surface area contributed by atoms with Gasteiger partial charge in [-0.25, -0.2) is 4.79 Å². The molecular formula is C49H47ClN8O5S. The van der Waals surface area contributed by atoms with Gasteiger partial charge >= 0.3 is 5.69 Å². The van der Waals surface area contributed by atoms with Crippen LogP contribution in [0.1, 0.15) is 101 Å². The Bertz CT molecular complexity index is 3190. The zero-order valence-electron chi connectivity index (χ0n) is 36.7. The number of hydrogen-bond acceptors (Lipinski definition) is 11. The Hall–Kier alpha value is -6.51. The number of nitrogens with zero attached hydrogens (tertiary/aromatic N) is 8. The maximum Gasteiger partial charge on any atom is 0.330 e. The van der Waals surface area contributed by atoms with E-state index >= 15 is 0 Å². The highest BCUT2D eigenvalue weighted by molar-refractivity contribution is 7.15. The number of hydrogen-bond donors (Lipinski definition) is 0. The van der Waals surface area contributed by atoms with Crippen LogP contribution in [-0.2, 0) is 16.1 Å². The molecule has 0 amide bonds. The van der Waals surface area contributed by atoms with E-state index in [1.54, 1.807) is 41.7 Å². The SMILES string of the molecule is COc1cc2c(cc1-c1c(C)coc1C)ncc1c2n([C@H](C)c2ccccn2)c(=O)n1CC(=O)CCCCC(=O)C[C@@H]1N=C(c2ccc(Cl)cc2)c2c(sc(C)c2C)-n2c(C)nnc21. The second-order valence-corrected chi connectivity index (χ2v) is 18.1. The van der Waals surface area contributed by atoms with Crippen molar-refractivity contribution in [1.29, 1.82) is 0 Å². The summed E-state index contributed by atoms with van der Waals surface area (Å²) >= 11 is 7.94. The van der Waals surface area contributed by atoms with E-state index in [0.29, 0.717) is 57.1 Å². The van der Waals surface area contributed by atoms with Crippen LogP contribution in [0.4, 0.5) is 0 Å². The number of aryl methyl sites for hydroxylation is 4. The summed E-state index contributed by atoms with van der Waals surface area (Å²) in [4.78, 5) is 57.8. The van der Waals surface area contributed by atoms with Crippen molar-refractivity contribution in [2.24, 2.45) is 4.99 Å². The van der Waals surface area contributed by atoms with Crippen LogP contribution in [0.3, 0.4) is 0 Å². The fourth-order valence-electron chi connectivity index (χ4n) is 8.93. The largest absolute Gasteiger partial charge is 0.496 e. The topological polar surface area (TPSA) is 152 Å². The van der Waals surface area contributed by atoms with E-state index in [9.17, 15) is 14.4 Å². The number of Topliss-reactive ketones (excluding diaryl/α,β-unsaturated/α-hetero) is 2. The second kappa shape index (κ2) is 17.2. The number of methoxy groups -OCH3 is 1. The molecule has 1 aliphatic heterocycles. The van der Waals surface area contributed by atoms with Gasteiger partial charge in [-0.05, 0) is 102 Å². The van der Waals surface area contributed by atoms with E-state index in [4.69, 9.17) is 30.7 Å². The third-order valence-corrected chi connectivity index (χ3v) is 13.8. The van der Waals surface area contributed by atoms with Crippen LogP contribution >= 0.6 is 22.9 Å². The summed E-state index contributed by atoms with van der Waals surface area (Å²) in [7, 11) is 1.61. The van der Waals surface area contributed by atoms with Gasteiger partial charge in [0.25, 0.3) is 0 Å². The lowest BCUT2D eigenvalue weighted by atomic mass is 9.99. The zero-order valence-corrected chi connectivity index (χ0v) is 38.3. The van der Waals surface area contributed by atoms with Crippen LogP contribution in [0.25, 0.3) is 38.1 Å². The molecule has 0 spiro atoms. The number of furan rings is 1. The first-order chi connectivity index (χ1) is 30.8. The minimum atomic E-state index is -0.562. The second-order valence-electron chi connectivity index (χ2n) is 16.5. The number of carbonyl (C=O) groups is 2. The quantitative estimate of drug-likeness (QED) is 0.0971. The van der Waals surface area contributed by atoms with E-state index in [1.807, 2.05) is 86.9 Å². The molecule has 13 nitrogen and oxygen atoms in total. The average molecular weight is 895 g/mol. The van der Waals surface area contributed by atoms with Gasteiger partial charge in [0, 0.05) is 63.0 Å². The summed E-state index contributed by atoms with van der Waals surface area (Å²) in [6, 6.07) is 16.0. The molecule has 7 heterocycles. The Morgan fingerprint density at radius 3 is 2.42 bits per heavy atom. The lowest BCUT2D eigenvalue weighted by molar-refractivity contribution is -0.121. The monoisotopic (exact) mass is 894 g/mol. The molecule has 15 heteroatoms. The first-order valence-corrected chi connectivity index (χ1v) is 22.5. The Balaban J connectivity index is 0.954. The van der Waals surface area contributed by atoms with Crippen LogP contribution < -0.4 is 10.4 Å². The number of ether oxygens (including phenoxy) is 1. The number of thiophene rings is 1. The van der Waals surface area contributed by atoms with Gasteiger partial charge in [-0.1, -0.05) is 29.8 Å². The number of benzene rings is 2. The molecule has 8 aromatic rings. The number of rotatable bonds is 14. The molecule has 9 rings (SSSR count). The maximum absolute atomic E-state index is 14.5. The van der Waals surface area contributed by atoms with Gasteiger partial charge in [-0.2, -0.15) is 0 Å². The Morgan fingerprint density at radius 2 is 1.72 bits per heavy atom. The van der Waals surface area contributed by atoms with Crippen LogP contribution in [0.5, 0.6) is 5.75 Å². The molecule has 2 atom stereocenters. The number of halogens is 1. The molecule has 0 unspecified atom stereocenters. The van der Waals surface area contributed by atoms with Crippen molar-refractivity contribution in [3.8, 4) is 21.9 Å². The molecule has 1 aliphatic rings. The summed E-state index contributed by atoms with van der Waals surface area (Å²) in [5.74, 6) is 2.59. The Morgan fingerprint density at radius 1 is 0.953 bits per heavy atom. The smallest absolute Gasteiger partial charge is 0.330 e. The molecule has 0 bridgehead atoms. The van der Waals surface area contributed by atoms with Gasteiger partial charge in [-0.15, -0.1) is 21.5 Å². The Kier molecular flexibility index (Phi) is 11.5. The molecule has 0 saturated heterocycles. The summed E-state index contributed by atoms with van der Waals surface area (Å²) in [5.41, 5.74) is 8.70. The van der Waals surface area contributed by atoms with Gasteiger partial charge in [0.15, 0.2) is 11.6 Å². The van der Waals surface area contributed by atoms with E-state index in [0.717, 1.165) is 55.7 Å². The number of aliphatic imine (C=N–C) groups is 1. The molecule has 6 aromatic heterocycles. The highest BCUT2D eigenvalue weighted by Crippen LogP contribution is 2.42. The van der Waals surface area contributed by atoms with Crippen LogP contribution in [0, 0.1) is 34.6 Å². The molecular weight excluding hydrogens is 848 g/mol. The van der Waals surface area contributed by atoms with Gasteiger partial charge in [-0.3, -0.25) is 38.3 Å². The van der Waals surface area contributed by atoms with Crippen molar-refractivity contribution < 1.29 is 18.7 Å². The maximum atomic E-state index is 14.5. The number of carbonyl (C=O) groups excluding carboxylic acids is 2. The minimum absolute atomic E-state index is 0.0134. The molecule has 0 saturated carbocycles. The van der Waals surface area contributed by atoms with Crippen molar-refractivity contribution in [3.63, 3.8) is 0 Å². The number of fused-ring (bicyclic) bond motifs is 6. The number of aromatic nitrogens is 7. The van der Waals surface area contributed by atoms with Gasteiger partial charge in [0.05, 0.1) is 60.1 Å². The first kappa shape index (κ1) is 42.8. The third kappa shape index (κ3) is 7.57. The van der Waals surface area contributed by atoms with Crippen molar-refractivity contribution in [2.45, 2.75) is 92.3 Å². The number of pyridine rings is 2. The summed E-state index contributed by atoms with van der Waals surface area (Å²) < 4.78 is 16.9. The zero-order chi connectivity index (χ0) is 45.0. The van der Waals surface area contributed by atoms with E-state index in [-0.39, 0.29) is 43.1 Å². The van der Waals surface area contributed by atoms with Crippen LogP contribution in [0.15, 0.2) is 87.5 Å². The molecule has 0 radical (unpaired) electrons. The predicted molar refractivity (Wildman–Crippen MR) is 250 cm³/mol. The molecule has 2 aromatic carbocycles. The molecule has 0 N–H and O–H groups in total. The lowest BCUT2D eigenvalue weighted by Gasteiger charge is -2.15.